The van der Waals surface area contributed by atoms with Crippen molar-refractivity contribution in [1.82, 2.24) is 9.88 Å². The second kappa shape index (κ2) is 9.13. The van der Waals surface area contributed by atoms with E-state index in [1.54, 1.807) is 12.4 Å². The van der Waals surface area contributed by atoms with Crippen LogP contribution in [-0.4, -0.2) is 46.2 Å². The second-order valence-electron chi connectivity index (χ2n) is 8.91. The molecule has 1 saturated carbocycles. The fourth-order valence-corrected chi connectivity index (χ4v) is 5.10. The average molecular weight is 429 g/mol. The van der Waals surface area contributed by atoms with Crippen LogP contribution in [0.2, 0.25) is 0 Å². The molecule has 2 heterocycles. The average Bonchev–Trinajstić information content (AvgIpc) is 3.24. The van der Waals surface area contributed by atoms with Crippen LogP contribution in [0.1, 0.15) is 18.4 Å². The molecule has 4 atom stereocenters. The summed E-state index contributed by atoms with van der Waals surface area (Å²) in [4.78, 5) is 18.9. The Bertz CT molecular complexity index is 1060. The summed E-state index contributed by atoms with van der Waals surface area (Å²) in [7, 11) is 0. The highest BCUT2D eigenvalue weighted by Gasteiger charge is 2.43. The predicted molar refractivity (Wildman–Crippen MR) is 123 cm³/mol. The summed E-state index contributed by atoms with van der Waals surface area (Å²) in [6, 6.07) is 22.0. The Morgan fingerprint density at radius 3 is 2.50 bits per heavy atom. The largest absolute Gasteiger partial charge is 0.487 e. The van der Waals surface area contributed by atoms with Gasteiger partial charge in [0.2, 0.25) is 5.91 Å². The molecule has 2 aromatic carbocycles. The molecule has 0 unspecified atom stereocenters. The number of aliphatic hydroxyl groups is 1. The zero-order valence-electron chi connectivity index (χ0n) is 18.0. The second-order valence-corrected chi connectivity index (χ2v) is 8.91. The van der Waals surface area contributed by atoms with Gasteiger partial charge >= 0.3 is 0 Å². The molecule has 5 rings (SSSR count). The van der Waals surface area contributed by atoms with Gasteiger partial charge in [-0.1, -0.05) is 54.6 Å². The first-order valence-corrected chi connectivity index (χ1v) is 11.3. The number of benzene rings is 2. The van der Waals surface area contributed by atoms with E-state index < -0.39 is 6.10 Å². The Hall–Kier alpha value is -3.18. The molecule has 0 radical (unpaired) electrons. The van der Waals surface area contributed by atoms with Crippen LogP contribution >= 0.6 is 0 Å². The number of amides is 1. The summed E-state index contributed by atoms with van der Waals surface area (Å²) in [6.45, 7) is 1.45. The van der Waals surface area contributed by atoms with Crippen molar-refractivity contribution in [2.24, 2.45) is 11.8 Å². The van der Waals surface area contributed by atoms with Gasteiger partial charge in [0.25, 0.3) is 0 Å². The number of ether oxygens (including phenoxy) is 1. The summed E-state index contributed by atoms with van der Waals surface area (Å²) in [6.07, 6.45) is 4.46. The monoisotopic (exact) mass is 428 g/mol. The van der Waals surface area contributed by atoms with Crippen LogP contribution in [0.5, 0.6) is 5.75 Å². The van der Waals surface area contributed by atoms with Crippen molar-refractivity contribution >= 4 is 5.91 Å². The molecule has 3 aromatic rings. The Balaban J connectivity index is 1.26. The molecule has 1 aliphatic carbocycles. The van der Waals surface area contributed by atoms with Gasteiger partial charge in [-0.15, -0.1) is 0 Å². The maximum absolute atomic E-state index is 12.8. The lowest BCUT2D eigenvalue weighted by molar-refractivity contribution is -0.129. The van der Waals surface area contributed by atoms with Gasteiger partial charge in [-0.25, -0.2) is 0 Å². The molecule has 32 heavy (non-hydrogen) atoms. The van der Waals surface area contributed by atoms with E-state index in [1.807, 2.05) is 53.4 Å². The van der Waals surface area contributed by atoms with Crippen molar-refractivity contribution < 1.29 is 14.6 Å². The molecular formula is C27H28N2O3. The van der Waals surface area contributed by atoms with Crippen molar-refractivity contribution in [1.29, 1.82) is 0 Å². The van der Waals surface area contributed by atoms with Crippen LogP contribution in [-0.2, 0) is 11.2 Å². The van der Waals surface area contributed by atoms with Crippen molar-refractivity contribution in [3.63, 3.8) is 0 Å². The van der Waals surface area contributed by atoms with E-state index in [9.17, 15) is 9.90 Å². The van der Waals surface area contributed by atoms with Gasteiger partial charge in [0.05, 0.1) is 12.5 Å². The third-order valence-corrected chi connectivity index (χ3v) is 6.77. The highest BCUT2D eigenvalue weighted by atomic mass is 16.5. The van der Waals surface area contributed by atoms with Crippen LogP contribution in [0.3, 0.4) is 0 Å². The number of pyridine rings is 1. The third-order valence-electron chi connectivity index (χ3n) is 6.77. The predicted octanol–water partition coefficient (Wildman–Crippen LogP) is 3.97. The number of fused-ring (bicyclic) bond motifs is 1. The Morgan fingerprint density at radius 1 is 0.969 bits per heavy atom. The first kappa shape index (κ1) is 20.7. The van der Waals surface area contributed by atoms with Crippen LogP contribution < -0.4 is 4.74 Å². The number of aromatic nitrogens is 1. The zero-order valence-corrected chi connectivity index (χ0v) is 18.0. The molecule has 164 valence electrons. The minimum Gasteiger partial charge on any atom is -0.487 e. The Kier molecular flexibility index (Phi) is 5.91. The van der Waals surface area contributed by atoms with E-state index in [0.717, 1.165) is 35.4 Å². The normalized spacial score (nSPS) is 24.7. The minimum absolute atomic E-state index is 0.133. The molecule has 2 fully saturated rings. The van der Waals surface area contributed by atoms with Crippen LogP contribution in [0, 0.1) is 11.8 Å². The SMILES string of the molecule is O=C(Cc1cccnc1)N1C[C@H]2C[C@@H](Oc3ccccc3-c3ccccc3)[C@H](O)C[C@H]2C1. The van der Waals surface area contributed by atoms with Gasteiger partial charge < -0.3 is 14.7 Å². The molecular weight excluding hydrogens is 400 g/mol. The maximum atomic E-state index is 12.8. The topological polar surface area (TPSA) is 62.7 Å². The van der Waals surface area contributed by atoms with E-state index in [1.165, 1.54) is 0 Å². The van der Waals surface area contributed by atoms with E-state index in [4.69, 9.17) is 4.74 Å². The lowest BCUT2D eigenvalue weighted by Gasteiger charge is -2.35. The van der Waals surface area contributed by atoms with Gasteiger partial charge in [-0.3, -0.25) is 9.78 Å². The number of hydrogen-bond donors (Lipinski definition) is 1. The summed E-state index contributed by atoms with van der Waals surface area (Å²) in [5.74, 6) is 1.61. The smallest absolute Gasteiger partial charge is 0.227 e. The highest BCUT2D eigenvalue weighted by Crippen LogP contribution is 2.39. The first-order valence-electron chi connectivity index (χ1n) is 11.3. The lowest BCUT2D eigenvalue weighted by Crippen LogP contribution is -2.42. The Labute approximate surface area is 188 Å². The quantitative estimate of drug-likeness (QED) is 0.668. The molecule has 1 saturated heterocycles. The molecule has 5 heteroatoms. The number of nitrogens with zero attached hydrogens (tertiary/aromatic N) is 2. The number of carbonyl (C=O) groups excluding carboxylic acids is 1. The standard InChI is InChI=1S/C27H28N2O3/c30-24-14-21-17-29(27(31)13-19-7-6-12-28-16-19)18-22(21)15-26(24)32-25-11-5-4-10-23(25)20-8-2-1-3-9-20/h1-12,16,21-22,24,26,30H,13-15,17-18H2/t21-,22+,24+,26+/m0/s1. The number of carbonyl (C=O) groups is 1. The Morgan fingerprint density at radius 2 is 1.72 bits per heavy atom. The van der Waals surface area contributed by atoms with Gasteiger partial charge in [-0.05, 0) is 47.9 Å². The van der Waals surface area contributed by atoms with Crippen molar-refractivity contribution in [3.8, 4) is 16.9 Å². The highest BCUT2D eigenvalue weighted by molar-refractivity contribution is 5.79. The molecule has 5 nitrogen and oxygen atoms in total. The van der Waals surface area contributed by atoms with Crippen LogP contribution in [0.15, 0.2) is 79.1 Å². The van der Waals surface area contributed by atoms with Gasteiger partial charge in [0, 0.05) is 31.0 Å². The van der Waals surface area contributed by atoms with Crippen LogP contribution in [0.4, 0.5) is 0 Å². The summed E-state index contributed by atoms with van der Waals surface area (Å²) >= 11 is 0. The number of rotatable bonds is 5. The third kappa shape index (κ3) is 4.39. The number of likely N-dealkylation sites (tertiary alicyclic amines) is 1. The van der Waals surface area contributed by atoms with Crippen molar-refractivity contribution in [3.05, 3.63) is 84.7 Å². The molecule has 0 bridgehead atoms. The van der Waals surface area contributed by atoms with Gasteiger partial charge in [0.1, 0.15) is 11.9 Å². The van der Waals surface area contributed by atoms with Crippen molar-refractivity contribution in [2.45, 2.75) is 31.5 Å². The zero-order chi connectivity index (χ0) is 21.9. The van der Waals surface area contributed by atoms with Gasteiger partial charge in [-0.2, -0.15) is 0 Å². The summed E-state index contributed by atoms with van der Waals surface area (Å²) in [5, 5.41) is 10.9. The van der Waals surface area contributed by atoms with Gasteiger partial charge in [0.15, 0.2) is 0 Å². The summed E-state index contributed by atoms with van der Waals surface area (Å²) < 4.78 is 6.39. The maximum Gasteiger partial charge on any atom is 0.227 e. The summed E-state index contributed by atoms with van der Waals surface area (Å²) in [5.41, 5.74) is 3.06. The number of aliphatic hydroxyl groups excluding tert-OH is 1. The minimum atomic E-state index is -0.534. The van der Waals surface area contributed by atoms with E-state index in [2.05, 4.69) is 23.2 Å². The molecule has 2 aliphatic rings. The number of para-hydroxylation sites is 1. The molecule has 1 N–H and O–H groups in total. The molecule has 1 amide bonds. The van der Waals surface area contributed by atoms with E-state index in [0.29, 0.717) is 31.2 Å². The molecule has 0 spiro atoms. The number of hydrogen-bond acceptors (Lipinski definition) is 4. The van der Waals surface area contributed by atoms with E-state index >= 15 is 0 Å². The van der Waals surface area contributed by atoms with Crippen molar-refractivity contribution in [2.75, 3.05) is 13.1 Å². The molecule has 1 aliphatic heterocycles. The molecule has 1 aromatic heterocycles. The van der Waals surface area contributed by atoms with E-state index in [-0.39, 0.29) is 12.0 Å². The fourth-order valence-electron chi connectivity index (χ4n) is 5.10. The van der Waals surface area contributed by atoms with Crippen LogP contribution in [0.25, 0.3) is 11.1 Å². The first-order chi connectivity index (χ1) is 15.7. The fraction of sp³-hybridized carbons (Fsp3) is 0.333. The lowest BCUT2D eigenvalue weighted by atomic mass is 9.78.